The van der Waals surface area contributed by atoms with Gasteiger partial charge in [0.2, 0.25) is 5.78 Å². The first-order valence-electron chi connectivity index (χ1n) is 7.25. The highest BCUT2D eigenvalue weighted by molar-refractivity contribution is 8.00. The minimum Gasteiger partial charge on any atom is -0.481 e. The summed E-state index contributed by atoms with van der Waals surface area (Å²) in [5.74, 6) is -0.620. The van der Waals surface area contributed by atoms with E-state index in [1.165, 1.54) is 23.1 Å². The summed E-state index contributed by atoms with van der Waals surface area (Å²) in [5, 5.41) is 9.95. The van der Waals surface area contributed by atoms with Crippen molar-refractivity contribution in [3.05, 3.63) is 46.0 Å². The van der Waals surface area contributed by atoms with Crippen molar-refractivity contribution >= 4 is 40.6 Å². The molecule has 6 nitrogen and oxygen atoms in total. The average Bonchev–Trinajstić information content (AvgIpc) is 3.20. The molecular weight excluding hydrogens is 346 g/mol. The van der Waals surface area contributed by atoms with Crippen LogP contribution in [0.3, 0.4) is 0 Å². The lowest BCUT2D eigenvalue weighted by atomic mass is 10.1. The van der Waals surface area contributed by atoms with Gasteiger partial charge in [0.05, 0.1) is 21.6 Å². The van der Waals surface area contributed by atoms with Crippen LogP contribution in [0.4, 0.5) is 0 Å². The molecule has 0 saturated carbocycles. The second-order valence-corrected chi connectivity index (χ2v) is 7.42. The first kappa shape index (κ1) is 16.7. The van der Waals surface area contributed by atoms with Crippen LogP contribution < -0.4 is 0 Å². The van der Waals surface area contributed by atoms with Crippen molar-refractivity contribution in [3.8, 4) is 0 Å². The Morgan fingerprint density at radius 1 is 1.42 bits per heavy atom. The van der Waals surface area contributed by atoms with Crippen molar-refractivity contribution in [1.82, 2.24) is 14.4 Å². The fourth-order valence-electron chi connectivity index (χ4n) is 2.17. The number of thiophene rings is 1. The molecule has 3 aromatic rings. The second-order valence-electron chi connectivity index (χ2n) is 5.31. The average molecular weight is 361 g/mol. The zero-order valence-electron chi connectivity index (χ0n) is 13.1. The normalized spacial score (nSPS) is 12.4. The smallest absolute Gasteiger partial charge is 0.311 e. The maximum absolute atomic E-state index is 12.4. The number of carboxylic acids is 1. The van der Waals surface area contributed by atoms with E-state index >= 15 is 0 Å². The number of carboxylic acid groups (broad SMARTS) is 1. The minimum atomic E-state index is -0.889. The summed E-state index contributed by atoms with van der Waals surface area (Å²) in [4.78, 5) is 33.2. The molecule has 3 aromatic heterocycles. The molecule has 1 unspecified atom stereocenters. The van der Waals surface area contributed by atoms with Gasteiger partial charge in [-0.05, 0) is 32.0 Å². The maximum Gasteiger partial charge on any atom is 0.311 e. The Balaban J connectivity index is 1.73. The molecule has 0 aromatic carbocycles. The summed E-state index contributed by atoms with van der Waals surface area (Å²) >= 11 is 2.67. The molecule has 0 aliphatic heterocycles. The van der Waals surface area contributed by atoms with Crippen LogP contribution in [-0.4, -0.2) is 37.0 Å². The fourth-order valence-corrected chi connectivity index (χ4v) is 4.22. The van der Waals surface area contributed by atoms with E-state index in [1.54, 1.807) is 25.3 Å². The number of imidazole rings is 1. The van der Waals surface area contributed by atoms with Gasteiger partial charge in [-0.2, -0.15) is 0 Å². The number of thioether (sulfide) groups is 1. The number of hydrogen-bond acceptors (Lipinski definition) is 6. The highest BCUT2D eigenvalue weighted by Gasteiger charge is 2.18. The molecule has 0 bridgehead atoms. The molecule has 0 aliphatic carbocycles. The molecule has 1 atom stereocenters. The van der Waals surface area contributed by atoms with Crippen LogP contribution >= 0.6 is 23.1 Å². The van der Waals surface area contributed by atoms with E-state index in [0.717, 1.165) is 10.7 Å². The molecule has 24 heavy (non-hydrogen) atoms. The Hall–Kier alpha value is -2.19. The van der Waals surface area contributed by atoms with Crippen LogP contribution in [0.2, 0.25) is 0 Å². The third-order valence-corrected chi connectivity index (χ3v) is 5.84. The van der Waals surface area contributed by atoms with E-state index in [9.17, 15) is 9.59 Å². The lowest BCUT2D eigenvalue weighted by Gasteiger charge is -2.05. The second kappa shape index (κ2) is 6.74. The summed E-state index contributed by atoms with van der Waals surface area (Å²) in [6.07, 6.45) is 3.48. The molecule has 0 radical (unpaired) electrons. The Morgan fingerprint density at radius 2 is 2.21 bits per heavy atom. The lowest BCUT2D eigenvalue weighted by molar-refractivity contribution is -0.138. The van der Waals surface area contributed by atoms with Crippen LogP contribution in [0.1, 0.15) is 33.1 Å². The molecule has 124 valence electrons. The van der Waals surface area contributed by atoms with Gasteiger partial charge in [-0.15, -0.1) is 11.3 Å². The van der Waals surface area contributed by atoms with Crippen molar-refractivity contribution in [1.29, 1.82) is 0 Å². The standard InChI is InChI=1S/C16H15N3O3S2/c1-9-7-14(19-6-5-17-16(19)18-9)23-8-11(20)13-4-3-12(24-13)10(2)15(21)22/h3-7,10H,8H2,1-2H3,(H,21,22). The summed E-state index contributed by atoms with van der Waals surface area (Å²) in [6, 6.07) is 5.33. The van der Waals surface area contributed by atoms with Crippen molar-refractivity contribution in [2.45, 2.75) is 24.8 Å². The summed E-state index contributed by atoms with van der Waals surface area (Å²) < 4.78 is 1.84. The van der Waals surface area contributed by atoms with Crippen LogP contribution in [0, 0.1) is 6.92 Å². The summed E-state index contributed by atoms with van der Waals surface area (Å²) in [6.45, 7) is 3.51. The van der Waals surface area contributed by atoms with E-state index in [4.69, 9.17) is 5.11 Å². The topological polar surface area (TPSA) is 84.6 Å². The Bertz CT molecular complexity index is 916. The van der Waals surface area contributed by atoms with Gasteiger partial charge in [-0.1, -0.05) is 11.8 Å². The number of carbonyl (C=O) groups excluding carboxylic acids is 1. The monoisotopic (exact) mass is 361 g/mol. The van der Waals surface area contributed by atoms with E-state index in [-0.39, 0.29) is 11.5 Å². The number of ketones is 1. The van der Waals surface area contributed by atoms with Crippen LogP contribution in [0.15, 0.2) is 35.6 Å². The Labute approximate surface area is 146 Å². The van der Waals surface area contributed by atoms with E-state index in [2.05, 4.69) is 9.97 Å². The SMILES string of the molecule is Cc1cc(SCC(=O)c2ccc(C(C)C(=O)O)s2)n2ccnc2n1. The van der Waals surface area contributed by atoms with Gasteiger partial charge in [0.15, 0.2) is 5.78 Å². The predicted octanol–water partition coefficient (Wildman–Crippen LogP) is 3.26. The molecule has 0 amide bonds. The fraction of sp³-hybridized carbons (Fsp3) is 0.250. The Kier molecular flexibility index (Phi) is 4.68. The number of aromatic nitrogens is 3. The lowest BCUT2D eigenvalue weighted by Crippen LogP contribution is -2.05. The van der Waals surface area contributed by atoms with E-state index in [1.807, 2.05) is 23.6 Å². The minimum absolute atomic E-state index is 0.0171. The van der Waals surface area contributed by atoms with Crippen LogP contribution in [0.25, 0.3) is 5.78 Å². The number of hydrogen-bond donors (Lipinski definition) is 1. The van der Waals surface area contributed by atoms with Crippen molar-refractivity contribution in [2.75, 3.05) is 5.75 Å². The van der Waals surface area contributed by atoms with Crippen LogP contribution in [0.5, 0.6) is 0 Å². The highest BCUT2D eigenvalue weighted by atomic mass is 32.2. The number of aliphatic carboxylic acids is 1. The number of fused-ring (bicyclic) bond motifs is 1. The van der Waals surface area contributed by atoms with Gasteiger partial charge in [0.1, 0.15) is 0 Å². The quantitative estimate of drug-likeness (QED) is 0.412. The predicted molar refractivity (Wildman–Crippen MR) is 93.1 cm³/mol. The molecular formula is C16H15N3O3S2. The van der Waals surface area contributed by atoms with Gasteiger partial charge in [-0.25, -0.2) is 9.97 Å². The first-order valence-corrected chi connectivity index (χ1v) is 9.05. The number of Topliss-reactive ketones (excluding diaryl/α,β-unsaturated/α-hetero) is 1. The van der Waals surface area contributed by atoms with E-state index in [0.29, 0.717) is 15.5 Å². The number of carbonyl (C=O) groups is 2. The highest BCUT2D eigenvalue weighted by Crippen LogP contribution is 2.27. The van der Waals surface area contributed by atoms with Gasteiger partial charge in [0, 0.05) is 23.0 Å². The zero-order valence-corrected chi connectivity index (χ0v) is 14.7. The molecule has 0 saturated heterocycles. The Morgan fingerprint density at radius 3 is 2.96 bits per heavy atom. The first-order chi connectivity index (χ1) is 11.5. The molecule has 0 fully saturated rings. The molecule has 3 rings (SSSR count). The number of rotatable bonds is 6. The summed E-state index contributed by atoms with van der Waals surface area (Å²) in [5.41, 5.74) is 0.845. The zero-order chi connectivity index (χ0) is 17.3. The van der Waals surface area contributed by atoms with Gasteiger partial charge >= 0.3 is 5.97 Å². The molecule has 3 heterocycles. The van der Waals surface area contributed by atoms with Crippen molar-refractivity contribution in [3.63, 3.8) is 0 Å². The molecule has 0 spiro atoms. The number of aryl methyl sites for hydroxylation is 1. The van der Waals surface area contributed by atoms with Crippen molar-refractivity contribution < 1.29 is 14.7 Å². The number of nitrogens with zero attached hydrogens (tertiary/aromatic N) is 3. The van der Waals surface area contributed by atoms with E-state index < -0.39 is 11.9 Å². The largest absolute Gasteiger partial charge is 0.481 e. The van der Waals surface area contributed by atoms with Gasteiger partial charge < -0.3 is 5.11 Å². The molecule has 1 N–H and O–H groups in total. The maximum atomic E-state index is 12.4. The van der Waals surface area contributed by atoms with Gasteiger partial charge in [0.25, 0.3) is 0 Å². The molecule has 8 heteroatoms. The van der Waals surface area contributed by atoms with Gasteiger partial charge in [-0.3, -0.25) is 14.0 Å². The third kappa shape index (κ3) is 3.34. The molecule has 0 aliphatic rings. The third-order valence-electron chi connectivity index (χ3n) is 3.52. The van der Waals surface area contributed by atoms with Crippen molar-refractivity contribution in [2.24, 2.45) is 0 Å². The summed E-state index contributed by atoms with van der Waals surface area (Å²) in [7, 11) is 0. The van der Waals surface area contributed by atoms with Crippen LogP contribution in [-0.2, 0) is 4.79 Å².